The Morgan fingerprint density at radius 1 is 1.19 bits per heavy atom. The maximum atomic E-state index is 14.7. The minimum Gasteiger partial charge on any atom is -0.339 e. The summed E-state index contributed by atoms with van der Waals surface area (Å²) in [4.78, 5) is 27.5. The van der Waals surface area contributed by atoms with E-state index >= 15 is 0 Å². The summed E-state index contributed by atoms with van der Waals surface area (Å²) < 4.78 is 40.2. The Balaban J connectivity index is 1.64. The van der Waals surface area contributed by atoms with E-state index in [4.69, 9.17) is 23.5 Å². The van der Waals surface area contributed by atoms with Gasteiger partial charge in [0, 0.05) is 11.9 Å². The van der Waals surface area contributed by atoms with Gasteiger partial charge in [-0.25, -0.2) is 12.8 Å². The van der Waals surface area contributed by atoms with Crippen molar-refractivity contribution in [1.29, 1.82) is 0 Å². The largest absolute Gasteiger partial charge is 0.339 e. The average Bonchev–Trinajstić information content (AvgIpc) is 3.12. The molecular weight excluding hydrogens is 492 g/mol. The van der Waals surface area contributed by atoms with Gasteiger partial charge in [0.1, 0.15) is 6.04 Å². The topological polar surface area (TPSA) is 101 Å². The molecule has 0 fully saturated rings. The molecule has 3 aromatic rings. The highest BCUT2D eigenvalue weighted by molar-refractivity contribution is 7.90. The molecule has 0 spiro atoms. The third kappa shape index (κ3) is 5.66. The molecule has 2 aromatic carbocycles. The van der Waals surface area contributed by atoms with E-state index in [0.717, 1.165) is 22.9 Å². The molecule has 0 saturated heterocycles. The van der Waals surface area contributed by atoms with E-state index in [0.29, 0.717) is 5.56 Å². The number of nitrogens with zero attached hydrogens (tertiary/aromatic N) is 3. The molecule has 0 bridgehead atoms. The SMILES string of the molecule is [B]C([B])([B])N1C(=O)[C@@H](NC(=O)c2nn(Cc3ccccc3)cc2F)C[C@H](C)c2cc(S(C)(=O)=O)ccc21. The van der Waals surface area contributed by atoms with E-state index < -0.39 is 50.4 Å². The van der Waals surface area contributed by atoms with Gasteiger partial charge in [0.2, 0.25) is 5.91 Å². The van der Waals surface area contributed by atoms with Gasteiger partial charge in [-0.2, -0.15) is 5.10 Å². The molecule has 8 nitrogen and oxygen atoms in total. The summed E-state index contributed by atoms with van der Waals surface area (Å²) in [5, 5.41) is 4.40. The summed E-state index contributed by atoms with van der Waals surface area (Å²) in [6.45, 7) is 1.99. The second kappa shape index (κ2) is 9.85. The Morgan fingerprint density at radius 3 is 2.49 bits per heavy atom. The number of rotatable bonds is 6. The zero-order chi connectivity index (χ0) is 27.1. The fourth-order valence-electron chi connectivity index (χ4n) is 4.37. The average molecular weight is 514 g/mol. The van der Waals surface area contributed by atoms with Crippen LogP contribution in [0.2, 0.25) is 0 Å². The van der Waals surface area contributed by atoms with E-state index in [2.05, 4.69) is 10.4 Å². The first kappa shape index (κ1) is 26.7. The van der Waals surface area contributed by atoms with Crippen molar-refractivity contribution in [3.05, 3.63) is 77.4 Å². The minimum atomic E-state index is -3.55. The second-order valence-corrected chi connectivity index (χ2v) is 11.2. The van der Waals surface area contributed by atoms with Crippen molar-refractivity contribution in [3.8, 4) is 0 Å². The third-order valence-electron chi connectivity index (χ3n) is 6.12. The summed E-state index contributed by atoms with van der Waals surface area (Å²) in [7, 11) is 14.2. The van der Waals surface area contributed by atoms with Gasteiger partial charge < -0.3 is 10.2 Å². The fourth-order valence-corrected chi connectivity index (χ4v) is 5.02. The lowest BCUT2D eigenvalue weighted by Crippen LogP contribution is -2.59. The standard InChI is InChI=1S/C24H22B3FN4O4S/c1-14-10-19(29-22(33)21-18(28)13-31(30-21)12-15-6-4-3-5-7-15)23(34)32(24(25,26)27)20-9-8-16(11-17(14)20)37(2,35)36/h3-9,11,13-14,19H,10,12H2,1-2H3,(H,29,33)/t14-,19-/m0/s1. The lowest BCUT2D eigenvalue weighted by atomic mass is 9.48. The molecule has 37 heavy (non-hydrogen) atoms. The number of hydrogen-bond donors (Lipinski definition) is 1. The Labute approximate surface area is 218 Å². The molecular formula is C24H22B3FN4O4S. The lowest BCUT2D eigenvalue weighted by Gasteiger charge is -2.39. The molecule has 1 aromatic heterocycles. The number of carbonyl (C=O) groups is 2. The van der Waals surface area contributed by atoms with Crippen LogP contribution >= 0.6 is 0 Å². The van der Waals surface area contributed by atoms with Crippen LogP contribution in [0, 0.1) is 5.82 Å². The van der Waals surface area contributed by atoms with E-state index in [1.807, 2.05) is 30.3 Å². The molecule has 184 valence electrons. The normalized spacial score (nSPS) is 18.2. The Morgan fingerprint density at radius 2 is 1.86 bits per heavy atom. The first-order valence-corrected chi connectivity index (χ1v) is 13.3. The number of anilines is 1. The summed E-state index contributed by atoms with van der Waals surface area (Å²) in [5.74, 6) is -2.93. The van der Waals surface area contributed by atoms with Gasteiger partial charge in [-0.1, -0.05) is 42.5 Å². The molecule has 1 aliphatic heterocycles. The maximum absolute atomic E-state index is 14.7. The zero-order valence-corrected chi connectivity index (χ0v) is 21.1. The van der Waals surface area contributed by atoms with Crippen LogP contribution in [0.3, 0.4) is 0 Å². The smallest absolute Gasteiger partial charge is 0.275 e. The van der Waals surface area contributed by atoms with Crippen molar-refractivity contribution in [2.45, 2.75) is 42.0 Å². The van der Waals surface area contributed by atoms with Crippen molar-refractivity contribution < 1.29 is 22.4 Å². The number of hydrogen-bond acceptors (Lipinski definition) is 5. The predicted molar refractivity (Wildman–Crippen MR) is 139 cm³/mol. The van der Waals surface area contributed by atoms with Crippen LogP contribution in [0.25, 0.3) is 0 Å². The summed E-state index contributed by atoms with van der Waals surface area (Å²) in [6.07, 6.45) is 2.20. The zero-order valence-electron chi connectivity index (χ0n) is 20.3. The molecule has 0 unspecified atom stereocenters. The van der Waals surface area contributed by atoms with Crippen molar-refractivity contribution in [1.82, 2.24) is 15.1 Å². The number of halogens is 1. The monoisotopic (exact) mass is 514 g/mol. The predicted octanol–water partition coefficient (Wildman–Crippen LogP) is 1.23. The first-order chi connectivity index (χ1) is 17.3. The van der Waals surface area contributed by atoms with Gasteiger partial charge in [0.25, 0.3) is 5.91 Å². The Bertz CT molecular complexity index is 1460. The molecule has 2 heterocycles. The van der Waals surface area contributed by atoms with Crippen LogP contribution in [0.1, 0.15) is 40.9 Å². The molecule has 0 aliphatic carbocycles. The number of aromatic nitrogens is 2. The van der Waals surface area contributed by atoms with Crippen LogP contribution in [-0.4, -0.2) is 71.1 Å². The van der Waals surface area contributed by atoms with Gasteiger partial charge in [0.05, 0.1) is 41.2 Å². The van der Waals surface area contributed by atoms with Crippen LogP contribution in [0.4, 0.5) is 10.1 Å². The quantitative estimate of drug-likeness (QED) is 0.500. The van der Waals surface area contributed by atoms with E-state index in [1.54, 1.807) is 6.92 Å². The number of fused-ring (bicyclic) bond motifs is 1. The van der Waals surface area contributed by atoms with Crippen molar-refractivity contribution in [2.75, 3.05) is 11.2 Å². The van der Waals surface area contributed by atoms with Gasteiger partial charge >= 0.3 is 0 Å². The number of amides is 2. The lowest BCUT2D eigenvalue weighted by molar-refractivity contribution is -0.120. The fraction of sp³-hybridized carbons (Fsp3) is 0.292. The molecule has 2 atom stereocenters. The third-order valence-corrected chi connectivity index (χ3v) is 7.23. The maximum Gasteiger partial charge on any atom is 0.275 e. The van der Waals surface area contributed by atoms with E-state index in [-0.39, 0.29) is 23.5 Å². The molecule has 4 rings (SSSR count). The molecule has 6 radical (unpaired) electrons. The van der Waals surface area contributed by atoms with Gasteiger partial charge in [0.15, 0.2) is 21.3 Å². The number of carbonyl (C=O) groups excluding carboxylic acids is 2. The van der Waals surface area contributed by atoms with Gasteiger partial charge in [-0.3, -0.25) is 14.3 Å². The Kier molecular flexibility index (Phi) is 7.11. The van der Waals surface area contributed by atoms with Crippen LogP contribution < -0.4 is 10.2 Å². The minimum absolute atomic E-state index is 0.0377. The molecule has 0 saturated carbocycles. The number of benzene rings is 2. The highest BCUT2D eigenvalue weighted by atomic mass is 32.2. The highest BCUT2D eigenvalue weighted by Crippen LogP contribution is 2.38. The van der Waals surface area contributed by atoms with Crippen LogP contribution in [0.15, 0.2) is 59.6 Å². The first-order valence-electron chi connectivity index (χ1n) is 11.4. The second-order valence-electron chi connectivity index (χ2n) is 9.23. The molecule has 2 amide bonds. The van der Waals surface area contributed by atoms with Crippen LogP contribution in [-0.2, 0) is 21.2 Å². The van der Waals surface area contributed by atoms with Gasteiger partial charge in [-0.05, 0) is 41.7 Å². The molecule has 1 aliphatic rings. The van der Waals surface area contributed by atoms with Crippen molar-refractivity contribution in [3.63, 3.8) is 0 Å². The molecule has 13 heteroatoms. The summed E-state index contributed by atoms with van der Waals surface area (Å²) in [5.41, 5.74) is 1.05. The van der Waals surface area contributed by atoms with Crippen molar-refractivity contribution in [2.24, 2.45) is 0 Å². The van der Waals surface area contributed by atoms with Gasteiger partial charge in [-0.15, -0.1) is 0 Å². The highest BCUT2D eigenvalue weighted by Gasteiger charge is 2.39. The number of nitrogens with one attached hydrogen (secondary N) is 1. The van der Waals surface area contributed by atoms with Crippen LogP contribution in [0.5, 0.6) is 0 Å². The molecule has 1 N–H and O–H groups in total. The summed E-state index contributed by atoms with van der Waals surface area (Å²) >= 11 is 0. The van der Waals surface area contributed by atoms with E-state index in [1.165, 1.54) is 22.9 Å². The van der Waals surface area contributed by atoms with E-state index in [9.17, 15) is 22.4 Å². The van der Waals surface area contributed by atoms with Crippen molar-refractivity contribution >= 4 is 50.9 Å². The summed E-state index contributed by atoms with van der Waals surface area (Å²) in [6, 6.07) is 12.1. The Hall–Kier alpha value is -3.34. The number of sulfone groups is 1.